The SMILES string of the molecule is C.C.CCCCCCCCC(CCCCCC)COOCNS(=O)(=O)c1ccc2nc(C)sc2c1. The fourth-order valence-corrected chi connectivity index (χ4v) is 5.77. The average Bonchev–Trinajstić information content (AvgIpc) is 3.17. The number of sulfonamides is 1. The maximum absolute atomic E-state index is 12.6. The Kier molecular flexibility index (Phi) is 18.5. The van der Waals surface area contributed by atoms with Crippen LogP contribution in [-0.2, 0) is 19.8 Å². The summed E-state index contributed by atoms with van der Waals surface area (Å²) < 4.78 is 28.5. The third kappa shape index (κ3) is 13.2. The minimum atomic E-state index is -3.67. The van der Waals surface area contributed by atoms with Gasteiger partial charge in [-0.25, -0.2) is 23.2 Å². The van der Waals surface area contributed by atoms with Gasteiger partial charge in [-0.05, 0) is 43.9 Å². The molecule has 0 aliphatic carbocycles. The van der Waals surface area contributed by atoms with E-state index >= 15 is 0 Å². The number of hydrogen-bond donors (Lipinski definition) is 1. The van der Waals surface area contributed by atoms with Crippen molar-refractivity contribution >= 4 is 31.6 Å². The molecule has 2 aromatic rings. The molecule has 0 spiro atoms. The summed E-state index contributed by atoms with van der Waals surface area (Å²) in [4.78, 5) is 15.2. The lowest BCUT2D eigenvalue weighted by Gasteiger charge is -2.16. The van der Waals surface area contributed by atoms with Gasteiger partial charge in [0.05, 0.1) is 26.7 Å². The van der Waals surface area contributed by atoms with Crippen LogP contribution in [0.1, 0.15) is 111 Å². The van der Waals surface area contributed by atoms with Crippen LogP contribution in [0.5, 0.6) is 0 Å². The lowest BCUT2D eigenvalue weighted by Crippen LogP contribution is -2.27. The number of benzene rings is 1. The Bertz CT molecular complexity index is 900. The lowest BCUT2D eigenvalue weighted by molar-refractivity contribution is -0.303. The van der Waals surface area contributed by atoms with Gasteiger partial charge in [-0.15, -0.1) is 11.3 Å². The number of aromatic nitrogens is 1. The monoisotopic (exact) mass is 530 g/mol. The van der Waals surface area contributed by atoms with Gasteiger partial charge >= 0.3 is 0 Å². The van der Waals surface area contributed by atoms with E-state index in [1.54, 1.807) is 18.2 Å². The Morgan fingerprint density at radius 1 is 0.914 bits per heavy atom. The summed E-state index contributed by atoms with van der Waals surface area (Å²) in [6.07, 6.45) is 15.0. The second kappa shape index (κ2) is 19.1. The van der Waals surface area contributed by atoms with E-state index in [0.29, 0.717) is 12.5 Å². The summed E-state index contributed by atoms with van der Waals surface area (Å²) in [5.74, 6) is 0.460. The Morgan fingerprint density at radius 3 is 2.17 bits per heavy atom. The van der Waals surface area contributed by atoms with Gasteiger partial charge in [-0.1, -0.05) is 92.9 Å². The first-order chi connectivity index (χ1) is 16.0. The van der Waals surface area contributed by atoms with Crippen molar-refractivity contribution in [3.63, 3.8) is 0 Å². The van der Waals surface area contributed by atoms with Crippen molar-refractivity contribution in [2.75, 3.05) is 13.3 Å². The number of fused-ring (bicyclic) bond motifs is 1. The van der Waals surface area contributed by atoms with Gasteiger partial charge in [0, 0.05) is 0 Å². The molecule has 0 aliphatic heterocycles. The Morgan fingerprint density at radius 2 is 1.51 bits per heavy atom. The van der Waals surface area contributed by atoms with Crippen molar-refractivity contribution in [1.82, 2.24) is 9.71 Å². The first-order valence-electron chi connectivity index (χ1n) is 12.6. The highest BCUT2D eigenvalue weighted by Crippen LogP contribution is 2.24. The molecule has 204 valence electrons. The molecular formula is C27H50N2O4S2. The third-order valence-electron chi connectivity index (χ3n) is 5.90. The van der Waals surface area contributed by atoms with Gasteiger partial charge in [0.15, 0.2) is 0 Å². The number of hydrogen-bond acceptors (Lipinski definition) is 6. The standard InChI is InChI=1S/C25H42N2O4S2.2CH4/c1-4-6-8-10-11-13-15-22(14-12-9-7-5-2)19-30-31-20-26-33(28,29)23-16-17-24-25(18-23)32-21(3)27-24;;/h16-18,22,26H,4-15,19-20H2,1-3H3;2*1H4. The molecule has 0 aliphatic rings. The molecule has 0 bridgehead atoms. The van der Waals surface area contributed by atoms with Crippen LogP contribution in [0.4, 0.5) is 0 Å². The van der Waals surface area contributed by atoms with Crippen LogP contribution in [0.15, 0.2) is 23.1 Å². The molecule has 0 amide bonds. The number of rotatable bonds is 19. The van der Waals surface area contributed by atoms with Gasteiger partial charge in [-0.2, -0.15) is 4.72 Å². The van der Waals surface area contributed by atoms with Gasteiger partial charge in [0.1, 0.15) is 6.73 Å². The van der Waals surface area contributed by atoms with Crippen LogP contribution in [0.25, 0.3) is 10.2 Å². The summed E-state index contributed by atoms with van der Waals surface area (Å²) in [6, 6.07) is 4.95. The number of unbranched alkanes of at least 4 members (excludes halogenated alkanes) is 8. The molecule has 35 heavy (non-hydrogen) atoms. The van der Waals surface area contributed by atoms with Gasteiger partial charge < -0.3 is 0 Å². The second-order valence-electron chi connectivity index (χ2n) is 8.83. The quantitative estimate of drug-likeness (QED) is 0.0854. The molecule has 6 nitrogen and oxygen atoms in total. The Labute approximate surface area is 219 Å². The van der Waals surface area contributed by atoms with Crippen molar-refractivity contribution in [1.29, 1.82) is 0 Å². The van der Waals surface area contributed by atoms with E-state index in [1.807, 2.05) is 6.92 Å². The molecular weight excluding hydrogens is 480 g/mol. The highest BCUT2D eigenvalue weighted by Gasteiger charge is 2.16. The molecule has 0 radical (unpaired) electrons. The van der Waals surface area contributed by atoms with Gasteiger partial charge in [0.25, 0.3) is 0 Å². The minimum Gasteiger partial charge on any atom is -0.242 e. The number of nitrogens with zero attached hydrogens (tertiary/aromatic N) is 1. The Balaban J connectivity index is 0.00000578. The molecule has 2 rings (SSSR count). The largest absolute Gasteiger partial charge is 0.242 e. The molecule has 1 N–H and O–H groups in total. The number of thiazole rings is 1. The van der Waals surface area contributed by atoms with Crippen LogP contribution in [0.3, 0.4) is 0 Å². The Hall–Kier alpha value is -1.06. The van der Waals surface area contributed by atoms with Crippen LogP contribution in [-0.4, -0.2) is 26.7 Å². The third-order valence-corrected chi connectivity index (χ3v) is 8.21. The fraction of sp³-hybridized carbons (Fsp3) is 0.741. The summed E-state index contributed by atoms with van der Waals surface area (Å²) in [7, 11) is -3.67. The van der Waals surface area contributed by atoms with Gasteiger partial charge in [0.2, 0.25) is 10.0 Å². The van der Waals surface area contributed by atoms with Crippen molar-refractivity contribution in [3.05, 3.63) is 23.2 Å². The zero-order valence-corrected chi connectivity index (χ0v) is 22.2. The van der Waals surface area contributed by atoms with Crippen LogP contribution in [0.2, 0.25) is 0 Å². The van der Waals surface area contributed by atoms with E-state index in [2.05, 4.69) is 23.6 Å². The van der Waals surface area contributed by atoms with E-state index in [-0.39, 0.29) is 26.5 Å². The molecule has 8 heteroatoms. The zero-order chi connectivity index (χ0) is 23.9. The van der Waals surface area contributed by atoms with Crippen molar-refractivity contribution in [3.8, 4) is 0 Å². The van der Waals surface area contributed by atoms with E-state index in [1.165, 1.54) is 75.5 Å². The maximum atomic E-state index is 12.6. The molecule has 0 fully saturated rings. The smallest absolute Gasteiger partial charge is 0.242 e. The average molecular weight is 531 g/mol. The minimum absolute atomic E-state index is 0. The van der Waals surface area contributed by atoms with E-state index in [9.17, 15) is 8.42 Å². The molecule has 0 saturated heterocycles. The summed E-state index contributed by atoms with van der Waals surface area (Å²) in [5.41, 5.74) is 0.811. The molecule has 1 aromatic heterocycles. The predicted molar refractivity (Wildman–Crippen MR) is 150 cm³/mol. The van der Waals surface area contributed by atoms with Crippen molar-refractivity contribution in [2.24, 2.45) is 5.92 Å². The first-order valence-corrected chi connectivity index (χ1v) is 14.9. The highest BCUT2D eigenvalue weighted by atomic mass is 32.2. The normalized spacial score (nSPS) is 12.3. The second-order valence-corrected chi connectivity index (χ2v) is 11.8. The molecule has 0 saturated carbocycles. The highest BCUT2D eigenvalue weighted by molar-refractivity contribution is 7.89. The first kappa shape index (κ1) is 33.9. The van der Waals surface area contributed by atoms with E-state index < -0.39 is 10.0 Å². The topological polar surface area (TPSA) is 77.5 Å². The molecule has 1 unspecified atom stereocenters. The summed E-state index contributed by atoms with van der Waals surface area (Å²) >= 11 is 1.48. The van der Waals surface area contributed by atoms with E-state index in [4.69, 9.17) is 9.78 Å². The molecule has 1 atom stereocenters. The molecule has 1 aromatic carbocycles. The van der Waals surface area contributed by atoms with E-state index in [0.717, 1.165) is 28.1 Å². The lowest BCUT2D eigenvalue weighted by atomic mass is 9.95. The van der Waals surface area contributed by atoms with Crippen LogP contribution < -0.4 is 4.72 Å². The summed E-state index contributed by atoms with van der Waals surface area (Å²) in [6.45, 7) is 6.68. The molecule has 1 heterocycles. The van der Waals surface area contributed by atoms with Crippen LogP contribution in [0, 0.1) is 12.8 Å². The van der Waals surface area contributed by atoms with Crippen molar-refractivity contribution in [2.45, 2.75) is 118 Å². The van der Waals surface area contributed by atoms with Crippen molar-refractivity contribution < 1.29 is 18.2 Å². The van der Waals surface area contributed by atoms with Gasteiger partial charge in [-0.3, -0.25) is 0 Å². The number of nitrogens with one attached hydrogen (secondary N) is 1. The maximum Gasteiger partial charge on any atom is 0.242 e. The predicted octanol–water partition coefficient (Wildman–Crippen LogP) is 8.40. The van der Waals surface area contributed by atoms with Crippen LogP contribution >= 0.6 is 11.3 Å². The fourth-order valence-electron chi connectivity index (χ4n) is 3.94. The summed E-state index contributed by atoms with van der Waals surface area (Å²) in [5, 5.41) is 0.912. The number of aryl methyl sites for hydroxylation is 1. The zero-order valence-electron chi connectivity index (χ0n) is 20.6.